The molecule has 0 saturated carbocycles. The summed E-state index contributed by atoms with van der Waals surface area (Å²) in [5, 5.41) is 2.90. The molecule has 0 bridgehead atoms. The molecule has 0 aliphatic carbocycles. The average molecular weight is 376 g/mol. The summed E-state index contributed by atoms with van der Waals surface area (Å²) in [5.41, 5.74) is 1.80. The lowest BCUT2D eigenvalue weighted by atomic mass is 9.97. The Labute approximate surface area is 152 Å². The maximum Gasteiger partial charge on any atom is 0.243 e. The quantitative estimate of drug-likeness (QED) is 0.891. The van der Waals surface area contributed by atoms with Gasteiger partial charge in [0.05, 0.1) is 4.90 Å². The van der Waals surface area contributed by atoms with Gasteiger partial charge in [0.25, 0.3) is 0 Å². The predicted octanol–water partition coefficient (Wildman–Crippen LogP) is 3.17. The number of piperidine rings is 1. The molecule has 138 valence electrons. The van der Waals surface area contributed by atoms with Crippen molar-refractivity contribution in [2.45, 2.75) is 24.7 Å². The molecule has 1 heterocycles. The number of carbonyl (C=O) groups excluding carboxylic acids is 1. The first-order valence-corrected chi connectivity index (χ1v) is 9.93. The van der Waals surface area contributed by atoms with Gasteiger partial charge in [-0.2, -0.15) is 4.31 Å². The highest BCUT2D eigenvalue weighted by Crippen LogP contribution is 2.25. The van der Waals surface area contributed by atoms with Crippen LogP contribution in [0.3, 0.4) is 0 Å². The number of anilines is 1. The van der Waals surface area contributed by atoms with Gasteiger partial charge in [-0.15, -0.1) is 0 Å². The molecule has 1 amide bonds. The molecule has 0 radical (unpaired) electrons. The van der Waals surface area contributed by atoms with E-state index in [1.54, 1.807) is 0 Å². The van der Waals surface area contributed by atoms with E-state index >= 15 is 0 Å². The second-order valence-electron chi connectivity index (χ2n) is 6.49. The number of sulfonamides is 1. The fraction of sp³-hybridized carbons (Fsp3) is 0.316. The fourth-order valence-electron chi connectivity index (χ4n) is 3.08. The number of nitrogens with zero attached hydrogens (tertiary/aromatic N) is 1. The zero-order valence-electron chi connectivity index (χ0n) is 14.5. The van der Waals surface area contributed by atoms with Gasteiger partial charge in [0, 0.05) is 24.7 Å². The summed E-state index contributed by atoms with van der Waals surface area (Å²) in [4.78, 5) is 12.5. The third-order valence-corrected chi connectivity index (χ3v) is 6.47. The van der Waals surface area contributed by atoms with Crippen LogP contribution in [0.2, 0.25) is 0 Å². The van der Waals surface area contributed by atoms with Crippen molar-refractivity contribution in [3.05, 3.63) is 59.9 Å². The lowest BCUT2D eigenvalue weighted by molar-refractivity contribution is -0.120. The average Bonchev–Trinajstić information content (AvgIpc) is 2.62. The fourth-order valence-corrected chi connectivity index (χ4v) is 4.55. The third-order valence-electron chi connectivity index (χ3n) is 4.56. The number of rotatable bonds is 4. The number of hydrogen-bond acceptors (Lipinski definition) is 3. The summed E-state index contributed by atoms with van der Waals surface area (Å²) >= 11 is 0. The van der Waals surface area contributed by atoms with Crippen molar-refractivity contribution in [3.8, 4) is 0 Å². The molecular formula is C19H21FN2O3S. The number of hydrogen-bond donors (Lipinski definition) is 1. The van der Waals surface area contributed by atoms with Gasteiger partial charge in [-0.1, -0.05) is 12.1 Å². The van der Waals surface area contributed by atoms with Crippen molar-refractivity contribution in [3.63, 3.8) is 0 Å². The Morgan fingerprint density at radius 2 is 1.77 bits per heavy atom. The smallest absolute Gasteiger partial charge is 0.243 e. The molecule has 0 spiro atoms. The molecule has 0 aromatic heterocycles. The van der Waals surface area contributed by atoms with Gasteiger partial charge in [-0.05, 0) is 61.7 Å². The van der Waals surface area contributed by atoms with E-state index in [1.807, 2.05) is 31.2 Å². The molecule has 2 aromatic rings. The van der Waals surface area contributed by atoms with Crippen molar-refractivity contribution in [2.75, 3.05) is 18.4 Å². The van der Waals surface area contributed by atoms with Gasteiger partial charge in [0.15, 0.2) is 0 Å². The second-order valence-corrected chi connectivity index (χ2v) is 8.43. The Kier molecular flexibility index (Phi) is 5.38. The molecule has 0 atom stereocenters. The van der Waals surface area contributed by atoms with Crippen molar-refractivity contribution in [2.24, 2.45) is 5.92 Å². The Hall–Kier alpha value is -2.25. The Morgan fingerprint density at radius 1 is 1.12 bits per heavy atom. The topological polar surface area (TPSA) is 66.5 Å². The maximum atomic E-state index is 13.0. The Balaban J connectivity index is 1.61. The molecule has 1 fully saturated rings. The van der Waals surface area contributed by atoms with E-state index in [2.05, 4.69) is 5.32 Å². The minimum atomic E-state index is -3.66. The van der Waals surface area contributed by atoms with Gasteiger partial charge >= 0.3 is 0 Å². The summed E-state index contributed by atoms with van der Waals surface area (Å²) in [6.07, 6.45) is 0.913. The summed E-state index contributed by atoms with van der Waals surface area (Å²) in [7, 11) is -3.66. The van der Waals surface area contributed by atoms with E-state index in [0.717, 1.165) is 23.4 Å². The van der Waals surface area contributed by atoms with Crippen LogP contribution in [0, 0.1) is 18.7 Å². The molecule has 5 nitrogen and oxygen atoms in total. The van der Waals surface area contributed by atoms with E-state index in [9.17, 15) is 17.6 Å². The van der Waals surface area contributed by atoms with Crippen molar-refractivity contribution >= 4 is 21.6 Å². The number of carbonyl (C=O) groups is 1. The van der Waals surface area contributed by atoms with Gasteiger partial charge in [-0.3, -0.25) is 4.79 Å². The molecule has 1 N–H and O–H groups in total. The van der Waals surface area contributed by atoms with Crippen LogP contribution < -0.4 is 5.32 Å². The zero-order valence-corrected chi connectivity index (χ0v) is 15.3. The summed E-state index contributed by atoms with van der Waals surface area (Å²) in [6, 6.07) is 12.4. The highest BCUT2D eigenvalue weighted by atomic mass is 32.2. The molecule has 1 saturated heterocycles. The van der Waals surface area contributed by atoms with Crippen LogP contribution in [-0.4, -0.2) is 31.7 Å². The van der Waals surface area contributed by atoms with E-state index < -0.39 is 15.8 Å². The van der Waals surface area contributed by atoms with E-state index in [-0.39, 0.29) is 29.8 Å². The van der Waals surface area contributed by atoms with Crippen LogP contribution in [0.5, 0.6) is 0 Å². The first kappa shape index (κ1) is 18.5. The standard InChI is InChI=1S/C19H21FN2O3S/c1-14-3-2-4-17(13-14)21-19(23)15-9-11-22(12-10-15)26(24,25)18-7-5-16(20)6-8-18/h2-8,13,15H,9-12H2,1H3,(H,21,23). The minimum Gasteiger partial charge on any atom is -0.326 e. The van der Waals surface area contributed by atoms with Gasteiger partial charge in [0.1, 0.15) is 5.82 Å². The number of halogens is 1. The third kappa shape index (κ3) is 4.11. The van der Waals surface area contributed by atoms with Crippen LogP contribution in [-0.2, 0) is 14.8 Å². The minimum absolute atomic E-state index is 0.0709. The molecule has 7 heteroatoms. The highest BCUT2D eigenvalue weighted by molar-refractivity contribution is 7.89. The summed E-state index contributed by atoms with van der Waals surface area (Å²) in [6.45, 7) is 2.49. The SMILES string of the molecule is Cc1cccc(NC(=O)C2CCN(S(=O)(=O)c3ccc(F)cc3)CC2)c1. The lowest BCUT2D eigenvalue weighted by Crippen LogP contribution is -2.41. The molecule has 26 heavy (non-hydrogen) atoms. The maximum absolute atomic E-state index is 13.0. The predicted molar refractivity (Wildman–Crippen MR) is 97.7 cm³/mol. The first-order valence-electron chi connectivity index (χ1n) is 8.49. The number of benzene rings is 2. The summed E-state index contributed by atoms with van der Waals surface area (Å²) in [5.74, 6) is -0.792. The van der Waals surface area contributed by atoms with E-state index in [1.165, 1.54) is 16.4 Å². The van der Waals surface area contributed by atoms with Crippen LogP contribution in [0.25, 0.3) is 0 Å². The molecule has 2 aromatic carbocycles. The zero-order chi connectivity index (χ0) is 18.7. The van der Waals surface area contributed by atoms with Crippen molar-refractivity contribution in [1.29, 1.82) is 0 Å². The van der Waals surface area contributed by atoms with Gasteiger partial charge < -0.3 is 5.32 Å². The molecule has 3 rings (SSSR count). The lowest BCUT2D eigenvalue weighted by Gasteiger charge is -2.30. The monoisotopic (exact) mass is 376 g/mol. The van der Waals surface area contributed by atoms with Gasteiger partial charge in [0.2, 0.25) is 15.9 Å². The van der Waals surface area contributed by atoms with Crippen LogP contribution in [0.1, 0.15) is 18.4 Å². The van der Waals surface area contributed by atoms with E-state index in [4.69, 9.17) is 0 Å². The number of nitrogens with one attached hydrogen (secondary N) is 1. The first-order chi connectivity index (χ1) is 12.4. The molecule has 1 aliphatic rings. The molecular weight excluding hydrogens is 355 g/mol. The largest absolute Gasteiger partial charge is 0.326 e. The molecule has 0 unspecified atom stereocenters. The number of aryl methyl sites for hydroxylation is 1. The van der Waals surface area contributed by atoms with Crippen LogP contribution >= 0.6 is 0 Å². The van der Waals surface area contributed by atoms with Crippen molar-refractivity contribution in [1.82, 2.24) is 4.31 Å². The highest BCUT2D eigenvalue weighted by Gasteiger charge is 2.32. The second kappa shape index (κ2) is 7.55. The van der Waals surface area contributed by atoms with E-state index in [0.29, 0.717) is 12.8 Å². The Bertz CT molecular complexity index is 889. The van der Waals surface area contributed by atoms with Gasteiger partial charge in [-0.25, -0.2) is 12.8 Å². The van der Waals surface area contributed by atoms with Crippen molar-refractivity contribution < 1.29 is 17.6 Å². The van der Waals surface area contributed by atoms with Crippen LogP contribution in [0.4, 0.5) is 10.1 Å². The normalized spacial score (nSPS) is 16.4. The van der Waals surface area contributed by atoms with Crippen LogP contribution in [0.15, 0.2) is 53.4 Å². The Morgan fingerprint density at radius 3 is 2.38 bits per heavy atom. The number of amides is 1. The molecule has 1 aliphatic heterocycles. The summed E-state index contributed by atoms with van der Waals surface area (Å²) < 4.78 is 39.6.